The number of piperidine rings is 1. The molecule has 2 atom stereocenters. The average Bonchev–Trinajstić information content (AvgIpc) is 2.52. The second-order valence-electron chi connectivity index (χ2n) is 6.01. The average molecular weight is 297 g/mol. The number of rotatable bonds is 6. The van der Waals surface area contributed by atoms with Crippen molar-refractivity contribution in [1.82, 2.24) is 4.90 Å². The number of ether oxygens (including phenoxy) is 2. The van der Waals surface area contributed by atoms with E-state index in [1.54, 1.807) is 7.11 Å². The van der Waals surface area contributed by atoms with Crippen LogP contribution in [0, 0.1) is 5.92 Å². The van der Waals surface area contributed by atoms with Gasteiger partial charge in [-0.15, -0.1) is 0 Å². The SMILES string of the molecule is COCCOCC(=O)N1CCCCC1C1CCCCC1=O. The molecular weight excluding hydrogens is 270 g/mol. The van der Waals surface area contributed by atoms with Crippen LogP contribution < -0.4 is 0 Å². The van der Waals surface area contributed by atoms with Gasteiger partial charge in [-0.25, -0.2) is 0 Å². The highest BCUT2D eigenvalue weighted by atomic mass is 16.5. The Morgan fingerprint density at radius 3 is 2.76 bits per heavy atom. The number of hydrogen-bond donors (Lipinski definition) is 0. The lowest BCUT2D eigenvalue weighted by molar-refractivity contribution is -0.144. The van der Waals surface area contributed by atoms with Gasteiger partial charge in [0.05, 0.1) is 13.2 Å². The number of nitrogens with zero attached hydrogens (tertiary/aromatic N) is 1. The minimum Gasteiger partial charge on any atom is -0.382 e. The monoisotopic (exact) mass is 297 g/mol. The standard InChI is InChI=1S/C16H27NO4/c1-20-10-11-21-12-16(19)17-9-5-4-7-14(17)13-6-2-3-8-15(13)18/h13-14H,2-12H2,1H3. The maximum absolute atomic E-state index is 12.4. The van der Waals surface area contributed by atoms with Crippen molar-refractivity contribution < 1.29 is 19.1 Å². The van der Waals surface area contributed by atoms with Crippen LogP contribution >= 0.6 is 0 Å². The predicted molar refractivity (Wildman–Crippen MR) is 79.0 cm³/mol. The van der Waals surface area contributed by atoms with Crippen LogP contribution in [0.1, 0.15) is 44.9 Å². The Kier molecular flexibility index (Phi) is 6.64. The molecule has 0 aromatic carbocycles. The van der Waals surface area contributed by atoms with E-state index < -0.39 is 0 Å². The molecule has 0 bridgehead atoms. The molecule has 120 valence electrons. The van der Waals surface area contributed by atoms with Crippen LogP contribution in [0.2, 0.25) is 0 Å². The summed E-state index contributed by atoms with van der Waals surface area (Å²) in [6.07, 6.45) is 6.85. The third-order valence-electron chi connectivity index (χ3n) is 4.59. The smallest absolute Gasteiger partial charge is 0.248 e. The number of hydrogen-bond acceptors (Lipinski definition) is 4. The van der Waals surface area contributed by atoms with Crippen LogP contribution in [0.15, 0.2) is 0 Å². The summed E-state index contributed by atoms with van der Waals surface area (Å²) in [5.41, 5.74) is 0. The number of methoxy groups -OCH3 is 1. The molecule has 0 aromatic rings. The number of Topliss-reactive ketones (excluding diaryl/α,β-unsaturated/α-hetero) is 1. The Hall–Kier alpha value is -0.940. The molecule has 5 nitrogen and oxygen atoms in total. The van der Waals surface area contributed by atoms with Gasteiger partial charge in [-0.2, -0.15) is 0 Å². The molecule has 1 aliphatic carbocycles. The summed E-state index contributed by atoms with van der Waals surface area (Å²) in [5.74, 6) is 0.433. The van der Waals surface area contributed by atoms with Gasteiger partial charge in [0.25, 0.3) is 0 Å². The largest absolute Gasteiger partial charge is 0.382 e. The van der Waals surface area contributed by atoms with Crippen molar-refractivity contribution in [2.45, 2.75) is 51.0 Å². The van der Waals surface area contributed by atoms with E-state index in [1.165, 1.54) is 0 Å². The first-order valence-corrected chi connectivity index (χ1v) is 8.13. The molecule has 2 unspecified atom stereocenters. The Bertz CT molecular complexity index is 358. The zero-order chi connectivity index (χ0) is 15.1. The highest BCUT2D eigenvalue weighted by Crippen LogP contribution is 2.31. The second kappa shape index (κ2) is 8.49. The molecule has 21 heavy (non-hydrogen) atoms. The van der Waals surface area contributed by atoms with Gasteiger partial charge in [-0.1, -0.05) is 6.42 Å². The van der Waals surface area contributed by atoms with Crippen LogP contribution in [0.3, 0.4) is 0 Å². The summed E-state index contributed by atoms with van der Waals surface area (Å²) in [6.45, 7) is 1.79. The Morgan fingerprint density at radius 1 is 1.19 bits per heavy atom. The number of amides is 1. The van der Waals surface area contributed by atoms with Gasteiger partial charge in [0.2, 0.25) is 5.91 Å². The first-order chi connectivity index (χ1) is 10.2. The molecule has 1 heterocycles. The van der Waals surface area contributed by atoms with Crippen LogP contribution in [0.4, 0.5) is 0 Å². The van der Waals surface area contributed by atoms with E-state index in [4.69, 9.17) is 9.47 Å². The van der Waals surface area contributed by atoms with Gasteiger partial charge in [0.15, 0.2) is 0 Å². The maximum atomic E-state index is 12.4. The van der Waals surface area contributed by atoms with Crippen LogP contribution in [-0.4, -0.2) is 56.1 Å². The summed E-state index contributed by atoms with van der Waals surface area (Å²) in [6, 6.07) is 0.102. The first-order valence-electron chi connectivity index (χ1n) is 8.13. The van der Waals surface area contributed by atoms with Crippen molar-refractivity contribution in [3.05, 3.63) is 0 Å². The quantitative estimate of drug-likeness (QED) is 0.701. The van der Waals surface area contributed by atoms with E-state index in [2.05, 4.69) is 0 Å². The number of ketones is 1. The molecule has 2 rings (SSSR count). The predicted octanol–water partition coefficient (Wildman–Crippen LogP) is 1.79. The molecule has 0 N–H and O–H groups in total. The zero-order valence-electron chi connectivity index (χ0n) is 13.0. The summed E-state index contributed by atoms with van der Waals surface area (Å²) in [5, 5.41) is 0. The fourth-order valence-corrected chi connectivity index (χ4v) is 3.49. The van der Waals surface area contributed by atoms with Crippen LogP contribution in [0.25, 0.3) is 0 Å². The summed E-state index contributed by atoms with van der Waals surface area (Å²) in [7, 11) is 1.61. The fourth-order valence-electron chi connectivity index (χ4n) is 3.49. The number of likely N-dealkylation sites (tertiary alicyclic amines) is 1. The van der Waals surface area contributed by atoms with Gasteiger partial charge in [0.1, 0.15) is 12.4 Å². The number of carbonyl (C=O) groups excluding carboxylic acids is 2. The second-order valence-corrected chi connectivity index (χ2v) is 6.01. The highest BCUT2D eigenvalue weighted by molar-refractivity contribution is 5.84. The third kappa shape index (κ3) is 4.51. The van der Waals surface area contributed by atoms with Crippen molar-refractivity contribution in [2.24, 2.45) is 5.92 Å². The molecule has 1 saturated heterocycles. The normalized spacial score (nSPS) is 26.9. The van der Waals surface area contributed by atoms with E-state index >= 15 is 0 Å². The van der Waals surface area contributed by atoms with Gasteiger partial charge in [-0.3, -0.25) is 9.59 Å². The van der Waals surface area contributed by atoms with Gasteiger partial charge < -0.3 is 14.4 Å². The van der Waals surface area contributed by atoms with Crippen molar-refractivity contribution in [2.75, 3.05) is 33.5 Å². The van der Waals surface area contributed by atoms with Gasteiger partial charge in [-0.05, 0) is 32.1 Å². The van der Waals surface area contributed by atoms with Crippen LogP contribution in [0.5, 0.6) is 0 Å². The first kappa shape index (κ1) is 16.4. The lowest BCUT2D eigenvalue weighted by Gasteiger charge is -2.41. The topological polar surface area (TPSA) is 55.8 Å². The molecule has 0 aromatic heterocycles. The van der Waals surface area contributed by atoms with Crippen molar-refractivity contribution >= 4 is 11.7 Å². The van der Waals surface area contributed by atoms with Crippen molar-refractivity contribution in [3.8, 4) is 0 Å². The molecule has 2 fully saturated rings. The van der Waals surface area contributed by atoms with Gasteiger partial charge >= 0.3 is 0 Å². The maximum Gasteiger partial charge on any atom is 0.248 e. The van der Waals surface area contributed by atoms with Gasteiger partial charge in [0, 0.05) is 32.0 Å². The summed E-state index contributed by atoms with van der Waals surface area (Å²) in [4.78, 5) is 26.5. The molecule has 1 saturated carbocycles. The molecule has 5 heteroatoms. The Labute approximate surface area is 127 Å². The minimum atomic E-state index is 0.0224. The van der Waals surface area contributed by atoms with E-state index in [0.717, 1.165) is 45.1 Å². The summed E-state index contributed by atoms with van der Waals surface area (Å²) >= 11 is 0. The van der Waals surface area contributed by atoms with Crippen molar-refractivity contribution in [3.63, 3.8) is 0 Å². The number of carbonyl (C=O) groups is 2. The minimum absolute atomic E-state index is 0.0224. The molecule has 1 aliphatic heterocycles. The molecule has 2 aliphatic rings. The molecule has 1 amide bonds. The third-order valence-corrected chi connectivity index (χ3v) is 4.59. The zero-order valence-corrected chi connectivity index (χ0v) is 13.0. The Morgan fingerprint density at radius 2 is 2.00 bits per heavy atom. The van der Waals surface area contributed by atoms with E-state index in [9.17, 15) is 9.59 Å². The van der Waals surface area contributed by atoms with E-state index in [0.29, 0.717) is 25.4 Å². The summed E-state index contributed by atoms with van der Waals surface area (Å²) < 4.78 is 10.3. The van der Waals surface area contributed by atoms with Crippen LogP contribution in [-0.2, 0) is 19.1 Å². The van der Waals surface area contributed by atoms with Crippen molar-refractivity contribution in [1.29, 1.82) is 0 Å². The lowest BCUT2D eigenvalue weighted by Crippen LogP contribution is -2.51. The van der Waals surface area contributed by atoms with E-state index in [1.807, 2.05) is 4.90 Å². The highest BCUT2D eigenvalue weighted by Gasteiger charge is 2.37. The van der Waals surface area contributed by atoms with E-state index in [-0.39, 0.29) is 24.5 Å². The molecule has 0 radical (unpaired) electrons. The lowest BCUT2D eigenvalue weighted by atomic mass is 9.79. The fraction of sp³-hybridized carbons (Fsp3) is 0.875. The molecular formula is C16H27NO4. The Balaban J connectivity index is 1.91. The molecule has 0 spiro atoms.